The van der Waals surface area contributed by atoms with E-state index in [2.05, 4.69) is 85.0 Å². The summed E-state index contributed by atoms with van der Waals surface area (Å²) in [6.45, 7) is 17.5. The number of ketones is 2. The maximum Gasteiger partial charge on any atom is 0.412 e. The van der Waals surface area contributed by atoms with Gasteiger partial charge in [0.1, 0.15) is 34.5 Å². The number of hydrogen-bond acceptors (Lipinski definition) is 12. The third kappa shape index (κ3) is 15.7. The van der Waals surface area contributed by atoms with E-state index >= 15 is 0 Å². The summed E-state index contributed by atoms with van der Waals surface area (Å²) in [5.74, 6) is 1.75. The Morgan fingerprint density at radius 2 is 0.704 bits per heavy atom. The highest BCUT2D eigenvalue weighted by molar-refractivity contribution is 6.40. The standard InChI is InChI=1S/C82H88N6O10/c1-11-15-53(5)85(65-35-43-69(95-9)44-36-65)61-27-19-57(20-28-61)73-77(89)75(78(73)90)59-23-31-63(32-24-59)87(55(7)17-13-3)67-39-47-71(48-40-67)97-81(93)83-51-52-84-82(94)98-72-49-41-68(42-50-72)88(56(8)18-14-4)64-33-25-60(26-34-64)76-79(91)74(80(76)92)58-21-29-62(30-22-58)86(54(6)16-12-2)66-37-45-70(96-10)46-38-66/h19-50,53-56H,11-18,51-52H2,1-10H3,(H2-2,83,84,89,90,91,92,93,94)/p+2. The van der Waals surface area contributed by atoms with Gasteiger partial charge in [-0.15, -0.1) is 0 Å². The number of carbonyl (C=O) groups is 4. The second kappa shape index (κ2) is 32.3. The summed E-state index contributed by atoms with van der Waals surface area (Å²) in [5.41, 5.74) is 11.3. The third-order valence-electron chi connectivity index (χ3n) is 18.2. The second-order valence-corrected chi connectivity index (χ2v) is 25.1. The topological polar surface area (TPSA) is 182 Å². The summed E-state index contributed by atoms with van der Waals surface area (Å²) in [7, 11) is 3.31. The number of nitrogens with zero attached hydrogens (tertiary/aromatic N) is 4. The lowest BCUT2D eigenvalue weighted by molar-refractivity contribution is -0.480. The van der Waals surface area contributed by atoms with Crippen molar-refractivity contribution in [2.24, 2.45) is 0 Å². The molecule has 98 heavy (non-hydrogen) atoms. The quantitative estimate of drug-likeness (QED) is 0.0218. The number of amides is 2. The molecule has 10 rings (SSSR count). The average molecular weight is 1320 g/mol. The Labute approximate surface area is 575 Å². The molecule has 16 heteroatoms. The molecule has 0 aliphatic heterocycles. The molecule has 4 atom stereocenters. The molecule has 0 spiro atoms. The summed E-state index contributed by atoms with van der Waals surface area (Å²) < 4.78 is 26.4. The molecular formula is C82H90N6O10+2. The van der Waals surface area contributed by atoms with Gasteiger partial charge in [-0.1, -0.05) is 64.8 Å². The number of carbonyl (C=O) groups excluding carboxylic acids is 4. The minimum Gasteiger partial charge on any atom is -0.506 e. The van der Waals surface area contributed by atoms with Crippen LogP contribution in [0.2, 0.25) is 0 Å². The lowest BCUT2D eigenvalue weighted by atomic mass is 9.80. The molecule has 2 amide bonds. The molecule has 0 saturated carbocycles. The molecule has 506 valence electrons. The van der Waals surface area contributed by atoms with E-state index in [0.29, 0.717) is 44.9 Å². The number of Topliss-reactive ketones (excluding diaryl/α,β-unsaturated/α-hetero) is 2. The SMILES string of the molecule is CCCC(C)N(c1ccc(OC)cc1)c1ccc(C2=C(O)C(=C3C=CC(=[N+](c4ccc(OC(=O)NCCNC(=O)Oc5ccc([N+](=C6C=CC(=C7C(=O)C(c8ccc(N(c9ccc(OC)cc9)C(C)CCC)cc8)=C7O)C=C6)C(C)CCC)cc5)cc4)C(C)CCC)C=C3)C2=O)cc1. The Hall–Kier alpha value is -10.7. The number of ether oxygens (including phenoxy) is 4. The highest BCUT2D eigenvalue weighted by Gasteiger charge is 2.39. The number of rotatable bonds is 27. The Balaban J connectivity index is 0.716. The molecule has 0 radical (unpaired) electrons. The van der Waals surface area contributed by atoms with Gasteiger partial charge in [-0.25, -0.2) is 9.59 Å². The summed E-state index contributed by atoms with van der Waals surface area (Å²) in [6, 6.07) is 46.6. The van der Waals surface area contributed by atoms with Gasteiger partial charge < -0.3 is 49.6 Å². The highest BCUT2D eigenvalue weighted by Crippen LogP contribution is 2.43. The van der Waals surface area contributed by atoms with Gasteiger partial charge in [-0.2, -0.15) is 9.15 Å². The number of methoxy groups -OCH3 is 2. The first-order chi connectivity index (χ1) is 47.5. The Morgan fingerprint density at radius 1 is 0.408 bits per heavy atom. The van der Waals surface area contributed by atoms with Gasteiger partial charge in [-0.3, -0.25) is 9.59 Å². The Morgan fingerprint density at radius 3 is 0.990 bits per heavy atom. The highest BCUT2D eigenvalue weighted by atomic mass is 16.6. The van der Waals surface area contributed by atoms with Crippen LogP contribution in [0.5, 0.6) is 23.0 Å². The first-order valence-corrected chi connectivity index (χ1v) is 34.2. The predicted molar refractivity (Wildman–Crippen MR) is 391 cm³/mol. The lowest BCUT2D eigenvalue weighted by Crippen LogP contribution is -2.37. The van der Waals surface area contributed by atoms with Gasteiger partial charge in [0.2, 0.25) is 34.4 Å². The zero-order chi connectivity index (χ0) is 69.6. The van der Waals surface area contributed by atoms with E-state index in [4.69, 9.17) is 18.9 Å². The van der Waals surface area contributed by atoms with Crippen LogP contribution in [-0.2, 0) is 9.59 Å². The fraction of sp³-hybridized carbons (Fsp3) is 0.293. The summed E-state index contributed by atoms with van der Waals surface area (Å²) in [5, 5.41) is 28.2. The van der Waals surface area contributed by atoms with Crippen LogP contribution in [0.4, 0.5) is 43.7 Å². The van der Waals surface area contributed by atoms with Gasteiger partial charge in [0, 0.05) is 109 Å². The zero-order valence-electron chi connectivity index (χ0n) is 57.8. The van der Waals surface area contributed by atoms with Crippen molar-refractivity contribution in [1.82, 2.24) is 10.6 Å². The average Bonchev–Trinajstić information content (AvgIpc) is 0.751. The van der Waals surface area contributed by atoms with Crippen LogP contribution >= 0.6 is 0 Å². The van der Waals surface area contributed by atoms with E-state index in [-0.39, 0.29) is 71.5 Å². The Bertz CT molecular complexity index is 3930. The minimum atomic E-state index is -0.691. The van der Waals surface area contributed by atoms with Crippen LogP contribution in [0, 0.1) is 0 Å². The van der Waals surface area contributed by atoms with Gasteiger partial charge in [0.15, 0.2) is 12.1 Å². The Kier molecular flexibility index (Phi) is 23.1. The van der Waals surface area contributed by atoms with Crippen molar-refractivity contribution in [1.29, 1.82) is 0 Å². The van der Waals surface area contributed by atoms with Crippen molar-refractivity contribution in [3.05, 3.63) is 239 Å². The van der Waals surface area contributed by atoms with Crippen molar-refractivity contribution < 1.29 is 57.5 Å². The summed E-state index contributed by atoms with van der Waals surface area (Å²) in [6.07, 6.45) is 21.6. The molecule has 6 aromatic carbocycles. The van der Waals surface area contributed by atoms with Crippen molar-refractivity contribution in [3.8, 4) is 23.0 Å². The second-order valence-electron chi connectivity index (χ2n) is 25.1. The maximum atomic E-state index is 13.8. The molecule has 0 saturated heterocycles. The van der Waals surface area contributed by atoms with E-state index in [0.717, 1.165) is 108 Å². The van der Waals surface area contributed by atoms with E-state index in [1.165, 1.54) is 0 Å². The fourth-order valence-corrected chi connectivity index (χ4v) is 13.3. The first kappa shape index (κ1) is 70.1. The number of benzene rings is 6. The molecule has 0 heterocycles. The van der Waals surface area contributed by atoms with Crippen LogP contribution in [0.15, 0.2) is 228 Å². The molecule has 4 N–H and O–H groups in total. The molecular weight excluding hydrogens is 1230 g/mol. The van der Waals surface area contributed by atoms with Crippen molar-refractivity contribution in [2.75, 3.05) is 37.1 Å². The van der Waals surface area contributed by atoms with E-state index < -0.39 is 12.2 Å². The van der Waals surface area contributed by atoms with Crippen molar-refractivity contribution >= 4 is 80.4 Å². The van der Waals surface area contributed by atoms with E-state index in [9.17, 15) is 29.4 Å². The molecule has 6 aromatic rings. The van der Waals surface area contributed by atoms with Gasteiger partial charge in [-0.05, 0) is 197 Å². The minimum absolute atomic E-state index is 0.0251. The van der Waals surface area contributed by atoms with Gasteiger partial charge in [0.05, 0.1) is 36.5 Å². The first-order valence-electron chi connectivity index (χ1n) is 34.2. The third-order valence-corrected chi connectivity index (χ3v) is 18.2. The molecule has 0 fully saturated rings. The van der Waals surface area contributed by atoms with Crippen LogP contribution < -0.4 is 39.4 Å². The number of hydrogen-bond donors (Lipinski definition) is 4. The molecule has 4 aliphatic rings. The number of aliphatic hydroxyl groups excluding tert-OH is 2. The zero-order valence-corrected chi connectivity index (χ0v) is 57.8. The number of aliphatic hydroxyl groups is 2. The molecule has 4 aliphatic carbocycles. The molecule has 0 aromatic heterocycles. The summed E-state index contributed by atoms with van der Waals surface area (Å²) in [4.78, 5) is 58.1. The van der Waals surface area contributed by atoms with Crippen LogP contribution in [0.1, 0.15) is 118 Å². The maximum absolute atomic E-state index is 13.8. The molecule has 0 bridgehead atoms. The monoisotopic (exact) mass is 1320 g/mol. The fourth-order valence-electron chi connectivity index (χ4n) is 13.3. The van der Waals surface area contributed by atoms with Gasteiger partial charge >= 0.3 is 12.2 Å². The van der Waals surface area contributed by atoms with Crippen LogP contribution in [-0.4, -0.2) is 106 Å². The molecule has 4 unspecified atom stereocenters. The van der Waals surface area contributed by atoms with E-state index in [1.807, 2.05) is 170 Å². The number of nitrogens with one attached hydrogen (secondary N) is 2. The number of allylic oxidation sites excluding steroid dienone is 14. The van der Waals surface area contributed by atoms with Crippen LogP contribution in [0.3, 0.4) is 0 Å². The number of anilines is 4. The predicted octanol–water partition coefficient (Wildman–Crippen LogP) is 17.7. The van der Waals surface area contributed by atoms with E-state index in [1.54, 1.807) is 38.5 Å². The summed E-state index contributed by atoms with van der Waals surface area (Å²) >= 11 is 0. The van der Waals surface area contributed by atoms with Gasteiger partial charge in [0.25, 0.3) is 0 Å². The molecule has 16 nitrogen and oxygen atoms in total. The van der Waals surface area contributed by atoms with Crippen molar-refractivity contribution in [2.45, 2.75) is 131 Å². The normalized spacial score (nSPS) is 15.3. The lowest BCUT2D eigenvalue weighted by Gasteiger charge is -2.32. The smallest absolute Gasteiger partial charge is 0.412 e. The largest absolute Gasteiger partial charge is 0.506 e. The van der Waals surface area contributed by atoms with Crippen molar-refractivity contribution in [3.63, 3.8) is 0 Å². The van der Waals surface area contributed by atoms with Crippen LogP contribution in [0.25, 0.3) is 11.1 Å².